The lowest BCUT2D eigenvalue weighted by atomic mass is 9.95. The molecule has 1 saturated carbocycles. The largest absolute Gasteiger partial charge is 0.339 e. The Hall–Kier alpha value is -1.75. The van der Waals surface area contributed by atoms with E-state index in [9.17, 15) is 0 Å². The van der Waals surface area contributed by atoms with Crippen LogP contribution in [-0.2, 0) is 12.8 Å². The third kappa shape index (κ3) is 2.58. The highest BCUT2D eigenvalue weighted by atomic mass is 16.5. The molecular formula is C15H20N4O. The van der Waals surface area contributed by atoms with Crippen LogP contribution in [0.3, 0.4) is 0 Å². The standard InChI is InChI=1S/C15H20N4O/c1-2-11-6-5-9-17-13(11)14-18-12(20-19-14)10-15(16)7-3-4-8-15/h5-6,9H,2-4,7-8,10,16H2,1H3. The average molecular weight is 272 g/mol. The molecule has 0 aliphatic heterocycles. The van der Waals surface area contributed by atoms with Gasteiger partial charge in [0.15, 0.2) is 0 Å². The van der Waals surface area contributed by atoms with Crippen molar-refractivity contribution in [1.29, 1.82) is 0 Å². The van der Waals surface area contributed by atoms with Crippen molar-refractivity contribution in [1.82, 2.24) is 15.1 Å². The second-order valence-corrected chi connectivity index (χ2v) is 5.62. The average Bonchev–Trinajstić information content (AvgIpc) is 3.08. The summed E-state index contributed by atoms with van der Waals surface area (Å²) in [6.45, 7) is 2.09. The van der Waals surface area contributed by atoms with E-state index in [2.05, 4.69) is 22.0 Å². The second-order valence-electron chi connectivity index (χ2n) is 5.62. The minimum absolute atomic E-state index is 0.165. The Labute approximate surface area is 118 Å². The van der Waals surface area contributed by atoms with Gasteiger partial charge < -0.3 is 10.3 Å². The smallest absolute Gasteiger partial charge is 0.228 e. The maximum atomic E-state index is 6.35. The fourth-order valence-electron chi connectivity index (χ4n) is 2.91. The Morgan fingerprint density at radius 2 is 2.15 bits per heavy atom. The number of aromatic nitrogens is 3. The fourth-order valence-corrected chi connectivity index (χ4v) is 2.91. The van der Waals surface area contributed by atoms with Crippen molar-refractivity contribution < 1.29 is 4.52 Å². The van der Waals surface area contributed by atoms with Crippen LogP contribution in [0.15, 0.2) is 22.9 Å². The number of rotatable bonds is 4. The third-order valence-corrected chi connectivity index (χ3v) is 4.05. The first-order valence-electron chi connectivity index (χ1n) is 7.26. The van der Waals surface area contributed by atoms with E-state index in [1.807, 2.05) is 12.1 Å². The molecule has 5 heteroatoms. The van der Waals surface area contributed by atoms with E-state index in [1.165, 1.54) is 12.8 Å². The number of hydrogen-bond donors (Lipinski definition) is 1. The van der Waals surface area contributed by atoms with E-state index in [0.29, 0.717) is 18.1 Å². The molecule has 3 rings (SSSR count). The van der Waals surface area contributed by atoms with Gasteiger partial charge >= 0.3 is 0 Å². The minimum atomic E-state index is -0.165. The topological polar surface area (TPSA) is 77.8 Å². The molecule has 1 aliphatic carbocycles. The molecule has 2 heterocycles. The summed E-state index contributed by atoms with van der Waals surface area (Å²) in [5.74, 6) is 1.19. The van der Waals surface area contributed by atoms with Gasteiger partial charge in [0.25, 0.3) is 0 Å². The van der Waals surface area contributed by atoms with E-state index < -0.39 is 0 Å². The fraction of sp³-hybridized carbons (Fsp3) is 0.533. The van der Waals surface area contributed by atoms with Crippen LogP contribution in [-0.4, -0.2) is 20.7 Å². The number of nitrogens with two attached hydrogens (primary N) is 1. The third-order valence-electron chi connectivity index (χ3n) is 4.05. The number of hydrogen-bond acceptors (Lipinski definition) is 5. The van der Waals surface area contributed by atoms with E-state index >= 15 is 0 Å². The van der Waals surface area contributed by atoms with Gasteiger partial charge in [-0.3, -0.25) is 4.98 Å². The molecule has 2 N–H and O–H groups in total. The molecule has 2 aromatic heterocycles. The highest BCUT2D eigenvalue weighted by Gasteiger charge is 2.31. The summed E-state index contributed by atoms with van der Waals surface area (Å²) in [4.78, 5) is 8.84. The molecule has 0 atom stereocenters. The monoisotopic (exact) mass is 272 g/mol. The molecule has 5 nitrogen and oxygen atoms in total. The number of pyridine rings is 1. The zero-order valence-corrected chi connectivity index (χ0v) is 11.8. The molecule has 0 aromatic carbocycles. The first kappa shape index (κ1) is 13.2. The predicted molar refractivity (Wildman–Crippen MR) is 76.0 cm³/mol. The van der Waals surface area contributed by atoms with Crippen molar-refractivity contribution in [2.75, 3.05) is 0 Å². The van der Waals surface area contributed by atoms with Crippen LogP contribution in [0.4, 0.5) is 0 Å². The van der Waals surface area contributed by atoms with Crippen LogP contribution in [0.5, 0.6) is 0 Å². The lowest BCUT2D eigenvalue weighted by Crippen LogP contribution is -2.38. The molecule has 1 aliphatic rings. The Morgan fingerprint density at radius 1 is 1.35 bits per heavy atom. The molecule has 1 fully saturated rings. The SMILES string of the molecule is CCc1cccnc1-c1noc(CC2(N)CCCC2)n1. The van der Waals surface area contributed by atoms with Crippen molar-refractivity contribution in [2.24, 2.45) is 5.73 Å². The molecule has 106 valence electrons. The van der Waals surface area contributed by atoms with Crippen LogP contribution in [0, 0.1) is 0 Å². The molecule has 0 spiro atoms. The number of aryl methyl sites for hydroxylation is 1. The molecule has 0 saturated heterocycles. The van der Waals surface area contributed by atoms with Gasteiger partial charge in [-0.25, -0.2) is 0 Å². The first-order chi connectivity index (χ1) is 9.70. The van der Waals surface area contributed by atoms with E-state index in [-0.39, 0.29) is 5.54 Å². The Balaban J connectivity index is 1.83. The zero-order chi connectivity index (χ0) is 14.0. The second kappa shape index (κ2) is 5.32. The summed E-state index contributed by atoms with van der Waals surface area (Å²) in [5.41, 5.74) is 8.12. The maximum absolute atomic E-state index is 6.35. The molecule has 20 heavy (non-hydrogen) atoms. The first-order valence-corrected chi connectivity index (χ1v) is 7.26. The summed E-state index contributed by atoms with van der Waals surface area (Å²) in [7, 11) is 0. The van der Waals surface area contributed by atoms with Crippen molar-refractivity contribution in [3.8, 4) is 11.5 Å². The Bertz CT molecular complexity index is 587. The van der Waals surface area contributed by atoms with E-state index in [4.69, 9.17) is 10.3 Å². The van der Waals surface area contributed by atoms with E-state index in [0.717, 1.165) is 30.5 Å². The van der Waals surface area contributed by atoms with Crippen molar-refractivity contribution in [2.45, 2.75) is 51.0 Å². The van der Waals surface area contributed by atoms with Crippen LogP contribution in [0.25, 0.3) is 11.5 Å². The van der Waals surface area contributed by atoms with Crippen molar-refractivity contribution in [3.05, 3.63) is 29.8 Å². The van der Waals surface area contributed by atoms with Gasteiger partial charge in [-0.2, -0.15) is 4.98 Å². The van der Waals surface area contributed by atoms with Gasteiger partial charge in [0.05, 0.1) is 0 Å². The van der Waals surface area contributed by atoms with Gasteiger partial charge in [-0.15, -0.1) is 0 Å². The molecular weight excluding hydrogens is 252 g/mol. The predicted octanol–water partition coefficient (Wildman–Crippen LogP) is 2.51. The van der Waals surface area contributed by atoms with Gasteiger partial charge in [0.1, 0.15) is 5.69 Å². The van der Waals surface area contributed by atoms with Crippen molar-refractivity contribution in [3.63, 3.8) is 0 Å². The molecule has 0 unspecified atom stereocenters. The molecule has 0 bridgehead atoms. The van der Waals surface area contributed by atoms with Crippen molar-refractivity contribution >= 4 is 0 Å². The Kier molecular flexibility index (Phi) is 3.53. The summed E-state index contributed by atoms with van der Waals surface area (Å²) in [5, 5.41) is 4.06. The van der Waals surface area contributed by atoms with Crippen LogP contribution >= 0.6 is 0 Å². The maximum Gasteiger partial charge on any atom is 0.228 e. The summed E-state index contributed by atoms with van der Waals surface area (Å²) < 4.78 is 5.36. The van der Waals surface area contributed by atoms with Gasteiger partial charge in [-0.1, -0.05) is 31.0 Å². The summed E-state index contributed by atoms with van der Waals surface area (Å²) in [6, 6.07) is 3.97. The van der Waals surface area contributed by atoms with Gasteiger partial charge in [-0.05, 0) is 30.9 Å². The van der Waals surface area contributed by atoms with Crippen LogP contribution < -0.4 is 5.73 Å². The molecule has 0 radical (unpaired) electrons. The minimum Gasteiger partial charge on any atom is -0.339 e. The normalized spacial score (nSPS) is 17.5. The van der Waals surface area contributed by atoms with Crippen LogP contribution in [0.2, 0.25) is 0 Å². The Morgan fingerprint density at radius 3 is 2.90 bits per heavy atom. The molecule has 0 amide bonds. The van der Waals surface area contributed by atoms with Crippen LogP contribution in [0.1, 0.15) is 44.1 Å². The van der Waals surface area contributed by atoms with Gasteiger partial charge in [0.2, 0.25) is 11.7 Å². The number of nitrogens with zero attached hydrogens (tertiary/aromatic N) is 3. The molecule has 2 aromatic rings. The highest BCUT2D eigenvalue weighted by Crippen LogP contribution is 2.30. The highest BCUT2D eigenvalue weighted by molar-refractivity contribution is 5.53. The lowest BCUT2D eigenvalue weighted by Gasteiger charge is -2.20. The van der Waals surface area contributed by atoms with Gasteiger partial charge in [0, 0.05) is 18.2 Å². The van der Waals surface area contributed by atoms with E-state index in [1.54, 1.807) is 6.20 Å². The lowest BCUT2D eigenvalue weighted by molar-refractivity contribution is 0.329. The summed E-state index contributed by atoms with van der Waals surface area (Å²) >= 11 is 0. The summed E-state index contributed by atoms with van der Waals surface area (Å²) in [6.07, 6.45) is 7.77. The quantitative estimate of drug-likeness (QED) is 0.925. The zero-order valence-electron chi connectivity index (χ0n) is 11.8.